The van der Waals surface area contributed by atoms with Gasteiger partial charge in [0.2, 0.25) is 0 Å². The third kappa shape index (κ3) is 3.76. The van der Waals surface area contributed by atoms with Crippen LogP contribution in [0.3, 0.4) is 0 Å². The number of carbonyl (C=O) groups is 1. The number of nitrogens with one attached hydrogen (secondary N) is 2. The number of hydrogen-bond acceptors (Lipinski definition) is 3. The molecule has 1 amide bonds. The van der Waals surface area contributed by atoms with Gasteiger partial charge < -0.3 is 15.7 Å². The summed E-state index contributed by atoms with van der Waals surface area (Å²) in [6, 6.07) is 5.89. The number of rotatable bonds is 3. The second-order valence-corrected chi connectivity index (χ2v) is 5.91. The summed E-state index contributed by atoms with van der Waals surface area (Å²) in [4.78, 5) is 12.2. The van der Waals surface area contributed by atoms with Crippen LogP contribution in [0.2, 0.25) is 0 Å². The molecule has 1 fully saturated rings. The normalized spacial score (nSPS) is 24.0. The summed E-state index contributed by atoms with van der Waals surface area (Å²) in [5.41, 5.74) is 3.22. The van der Waals surface area contributed by atoms with Gasteiger partial charge in [0, 0.05) is 31.1 Å². The largest absolute Gasteiger partial charge is 0.393 e. The molecular weight excluding hydrogens is 288 g/mol. The number of amides is 1. The minimum Gasteiger partial charge on any atom is -0.393 e. The van der Waals surface area contributed by atoms with Crippen LogP contribution in [0.1, 0.15) is 47.2 Å². The molecule has 0 radical (unpaired) electrons. The van der Waals surface area contributed by atoms with Crippen molar-refractivity contribution in [1.29, 1.82) is 0 Å². The summed E-state index contributed by atoms with van der Waals surface area (Å²) < 4.78 is 0. The summed E-state index contributed by atoms with van der Waals surface area (Å²) in [5.74, 6) is 0.182. The van der Waals surface area contributed by atoms with Gasteiger partial charge in [0.15, 0.2) is 0 Å². The molecule has 2 unspecified atom stereocenters. The number of hydrogen-bond donors (Lipinski definition) is 3. The topological polar surface area (TPSA) is 61.4 Å². The molecular formula is C16H23ClN2O2. The molecule has 1 aromatic rings. The van der Waals surface area contributed by atoms with Gasteiger partial charge >= 0.3 is 0 Å². The van der Waals surface area contributed by atoms with Crippen molar-refractivity contribution < 1.29 is 9.90 Å². The molecule has 0 saturated heterocycles. The van der Waals surface area contributed by atoms with E-state index in [0.717, 1.165) is 44.3 Å². The van der Waals surface area contributed by atoms with Gasteiger partial charge in [-0.1, -0.05) is 18.9 Å². The Morgan fingerprint density at radius 2 is 2.00 bits per heavy atom. The van der Waals surface area contributed by atoms with Crippen LogP contribution < -0.4 is 10.6 Å². The van der Waals surface area contributed by atoms with Crippen LogP contribution in [0, 0.1) is 5.92 Å². The van der Waals surface area contributed by atoms with Crippen LogP contribution in [-0.2, 0) is 13.1 Å². The number of benzene rings is 1. The number of carbonyl (C=O) groups excluding carboxylic acids is 1. The van der Waals surface area contributed by atoms with Gasteiger partial charge in [-0.2, -0.15) is 0 Å². The highest BCUT2D eigenvalue weighted by molar-refractivity contribution is 5.94. The summed E-state index contributed by atoms with van der Waals surface area (Å²) in [6.45, 7) is 2.32. The summed E-state index contributed by atoms with van der Waals surface area (Å²) >= 11 is 0. The first-order valence-electron chi connectivity index (χ1n) is 7.53. The van der Waals surface area contributed by atoms with Crippen molar-refractivity contribution in [2.75, 3.05) is 6.54 Å². The number of aliphatic hydroxyl groups is 1. The van der Waals surface area contributed by atoms with Crippen LogP contribution in [0.25, 0.3) is 0 Å². The third-order valence-electron chi connectivity index (χ3n) is 4.49. The Labute approximate surface area is 131 Å². The fraction of sp³-hybridized carbons (Fsp3) is 0.562. The highest BCUT2D eigenvalue weighted by Gasteiger charge is 2.23. The molecule has 5 heteroatoms. The van der Waals surface area contributed by atoms with Gasteiger partial charge in [0.05, 0.1) is 6.10 Å². The summed E-state index contributed by atoms with van der Waals surface area (Å²) in [5, 5.41) is 16.2. The molecule has 4 nitrogen and oxygen atoms in total. The first kappa shape index (κ1) is 16.3. The summed E-state index contributed by atoms with van der Waals surface area (Å²) in [7, 11) is 0. The highest BCUT2D eigenvalue weighted by Crippen LogP contribution is 2.24. The zero-order valence-electron chi connectivity index (χ0n) is 12.1. The zero-order chi connectivity index (χ0) is 13.9. The van der Waals surface area contributed by atoms with Crippen LogP contribution in [-0.4, -0.2) is 23.7 Å². The van der Waals surface area contributed by atoms with Gasteiger partial charge in [-0.25, -0.2) is 0 Å². The van der Waals surface area contributed by atoms with E-state index in [1.165, 1.54) is 11.1 Å². The van der Waals surface area contributed by atoms with Gasteiger partial charge in [0.25, 0.3) is 5.91 Å². The fourth-order valence-corrected chi connectivity index (χ4v) is 3.19. The minimum atomic E-state index is -0.256. The molecule has 1 aliphatic heterocycles. The lowest BCUT2D eigenvalue weighted by Crippen LogP contribution is -2.36. The van der Waals surface area contributed by atoms with E-state index in [1.807, 2.05) is 18.2 Å². The van der Waals surface area contributed by atoms with Crippen LogP contribution in [0.4, 0.5) is 0 Å². The van der Waals surface area contributed by atoms with Crippen LogP contribution in [0.15, 0.2) is 18.2 Å². The molecule has 1 aromatic carbocycles. The SMILES string of the molecule is Cl.O=C(NCC1CCCCC1O)c1ccc2c(c1)CNC2. The van der Waals surface area contributed by atoms with Gasteiger partial charge in [-0.15, -0.1) is 12.4 Å². The maximum absolute atomic E-state index is 12.2. The number of halogens is 1. The van der Waals surface area contributed by atoms with Gasteiger partial charge in [-0.3, -0.25) is 4.79 Å². The maximum Gasteiger partial charge on any atom is 0.251 e. The molecule has 1 heterocycles. The van der Waals surface area contributed by atoms with Gasteiger partial charge in [-0.05, 0) is 36.1 Å². The molecule has 3 rings (SSSR count). The predicted molar refractivity (Wildman–Crippen MR) is 84.5 cm³/mol. The van der Waals surface area contributed by atoms with Crippen molar-refractivity contribution in [2.24, 2.45) is 5.92 Å². The first-order valence-corrected chi connectivity index (χ1v) is 7.53. The number of fused-ring (bicyclic) bond motifs is 1. The number of aliphatic hydroxyl groups excluding tert-OH is 1. The van der Waals surface area contributed by atoms with E-state index in [1.54, 1.807) is 0 Å². The molecule has 1 saturated carbocycles. The van der Waals surface area contributed by atoms with E-state index in [0.29, 0.717) is 6.54 Å². The lowest BCUT2D eigenvalue weighted by atomic mass is 9.86. The van der Waals surface area contributed by atoms with Crippen LogP contribution in [0.5, 0.6) is 0 Å². The Bertz CT molecular complexity index is 507. The molecule has 2 aliphatic rings. The average molecular weight is 311 g/mol. The molecule has 2 atom stereocenters. The van der Waals surface area contributed by atoms with Crippen molar-refractivity contribution in [3.63, 3.8) is 0 Å². The van der Waals surface area contributed by atoms with Crippen molar-refractivity contribution in [2.45, 2.75) is 44.9 Å². The zero-order valence-corrected chi connectivity index (χ0v) is 12.9. The second-order valence-electron chi connectivity index (χ2n) is 5.91. The molecule has 0 bridgehead atoms. The van der Waals surface area contributed by atoms with E-state index in [9.17, 15) is 9.90 Å². The highest BCUT2D eigenvalue weighted by atomic mass is 35.5. The molecule has 3 N–H and O–H groups in total. The Morgan fingerprint density at radius 1 is 1.24 bits per heavy atom. The molecule has 21 heavy (non-hydrogen) atoms. The van der Waals surface area contributed by atoms with Crippen molar-refractivity contribution in [3.8, 4) is 0 Å². The minimum absolute atomic E-state index is 0. The predicted octanol–water partition coefficient (Wildman–Crippen LogP) is 1.99. The van der Waals surface area contributed by atoms with E-state index >= 15 is 0 Å². The van der Waals surface area contributed by atoms with E-state index < -0.39 is 0 Å². The van der Waals surface area contributed by atoms with Crippen LogP contribution >= 0.6 is 12.4 Å². The standard InChI is InChI=1S/C16H22N2O2.ClH/c19-15-4-2-1-3-13(15)10-18-16(20)11-5-6-12-8-17-9-14(12)7-11;/h5-7,13,15,17,19H,1-4,8-10H2,(H,18,20);1H. The Hall–Kier alpha value is -1.10. The molecule has 0 aromatic heterocycles. The lowest BCUT2D eigenvalue weighted by molar-refractivity contribution is 0.0663. The van der Waals surface area contributed by atoms with E-state index in [-0.39, 0.29) is 30.3 Å². The average Bonchev–Trinajstić information content (AvgIpc) is 2.93. The second kappa shape index (κ2) is 7.25. The maximum atomic E-state index is 12.2. The van der Waals surface area contributed by atoms with E-state index in [2.05, 4.69) is 10.6 Å². The molecule has 116 valence electrons. The Morgan fingerprint density at radius 3 is 2.81 bits per heavy atom. The van der Waals surface area contributed by atoms with Crippen molar-refractivity contribution in [3.05, 3.63) is 34.9 Å². The fourth-order valence-electron chi connectivity index (χ4n) is 3.19. The molecule has 1 aliphatic carbocycles. The monoisotopic (exact) mass is 310 g/mol. The van der Waals surface area contributed by atoms with E-state index in [4.69, 9.17) is 0 Å². The van der Waals surface area contributed by atoms with Crippen molar-refractivity contribution >= 4 is 18.3 Å². The Balaban J connectivity index is 0.00000161. The quantitative estimate of drug-likeness (QED) is 0.800. The summed E-state index contributed by atoms with van der Waals surface area (Å²) in [6.07, 6.45) is 3.87. The van der Waals surface area contributed by atoms with Gasteiger partial charge in [0.1, 0.15) is 0 Å². The molecule has 0 spiro atoms. The Kier molecular flexibility index (Phi) is 5.62. The third-order valence-corrected chi connectivity index (χ3v) is 4.49. The smallest absolute Gasteiger partial charge is 0.251 e. The lowest BCUT2D eigenvalue weighted by Gasteiger charge is -2.27. The first-order chi connectivity index (χ1) is 9.74. The van der Waals surface area contributed by atoms with Crippen molar-refractivity contribution in [1.82, 2.24) is 10.6 Å².